The molecule has 1 aromatic heterocycles. The molecule has 0 aliphatic heterocycles. The summed E-state index contributed by atoms with van der Waals surface area (Å²) >= 11 is 4.78. The molecule has 1 N–H and O–H groups in total. The lowest BCUT2D eigenvalue weighted by Gasteiger charge is -2.06. The summed E-state index contributed by atoms with van der Waals surface area (Å²) in [7, 11) is 0. The molecule has 1 aromatic carbocycles. The van der Waals surface area contributed by atoms with Crippen molar-refractivity contribution in [2.24, 2.45) is 0 Å². The van der Waals surface area contributed by atoms with Crippen LogP contribution in [-0.2, 0) is 6.61 Å². The van der Waals surface area contributed by atoms with Crippen molar-refractivity contribution in [2.75, 3.05) is 6.61 Å². The molecule has 0 aliphatic carbocycles. The molecule has 1 heterocycles. The second-order valence-electron chi connectivity index (χ2n) is 3.92. The van der Waals surface area contributed by atoms with Crippen LogP contribution in [0.2, 0.25) is 0 Å². The van der Waals surface area contributed by atoms with Gasteiger partial charge in [0.2, 0.25) is 0 Å². The second-order valence-corrected chi connectivity index (χ2v) is 5.77. The van der Waals surface area contributed by atoms with Crippen molar-refractivity contribution >= 4 is 33.0 Å². The first-order chi connectivity index (χ1) is 10.1. The molecule has 0 radical (unpaired) electrons. The van der Waals surface area contributed by atoms with E-state index in [1.165, 1.54) is 23.5 Å². The van der Waals surface area contributed by atoms with Gasteiger partial charge in [-0.1, -0.05) is 11.8 Å². The number of rotatable bonds is 4. The van der Waals surface area contributed by atoms with Crippen LogP contribution >= 0.6 is 27.3 Å². The van der Waals surface area contributed by atoms with Gasteiger partial charge in [-0.2, -0.15) is 0 Å². The fourth-order valence-electron chi connectivity index (χ4n) is 1.53. The molecule has 0 unspecified atom stereocenters. The predicted octanol–water partition coefficient (Wildman–Crippen LogP) is 3.34. The number of thiophene rings is 1. The Hall–Kier alpha value is -1.88. The highest BCUT2D eigenvalue weighted by molar-refractivity contribution is 9.10. The molecule has 0 atom stereocenters. The molecule has 7 heteroatoms. The van der Waals surface area contributed by atoms with Crippen LogP contribution in [0.4, 0.5) is 5.69 Å². The lowest BCUT2D eigenvalue weighted by atomic mass is 10.3. The van der Waals surface area contributed by atoms with Crippen LogP contribution in [0.25, 0.3) is 0 Å². The molecule has 0 bridgehead atoms. The van der Waals surface area contributed by atoms with E-state index in [9.17, 15) is 10.1 Å². The van der Waals surface area contributed by atoms with E-state index in [2.05, 4.69) is 27.8 Å². The Labute approximate surface area is 133 Å². The van der Waals surface area contributed by atoms with Crippen molar-refractivity contribution in [3.05, 3.63) is 54.7 Å². The zero-order valence-electron chi connectivity index (χ0n) is 10.7. The normalized spacial score (nSPS) is 9.81. The van der Waals surface area contributed by atoms with Crippen molar-refractivity contribution in [3.63, 3.8) is 0 Å². The molecular weight excluding hydrogens is 358 g/mol. The summed E-state index contributed by atoms with van der Waals surface area (Å²) in [5.41, 5.74) is 0.791. The maximum Gasteiger partial charge on any atom is 0.273 e. The van der Waals surface area contributed by atoms with Crippen molar-refractivity contribution in [1.29, 1.82) is 0 Å². The summed E-state index contributed by atoms with van der Waals surface area (Å²) in [4.78, 5) is 11.2. The van der Waals surface area contributed by atoms with Gasteiger partial charge >= 0.3 is 0 Å². The van der Waals surface area contributed by atoms with Gasteiger partial charge in [0.15, 0.2) is 0 Å². The second kappa shape index (κ2) is 7.22. The molecule has 2 rings (SSSR count). The quantitative estimate of drug-likeness (QED) is 0.510. The summed E-state index contributed by atoms with van der Waals surface area (Å²) < 4.78 is 6.25. The van der Waals surface area contributed by atoms with Gasteiger partial charge in [0.1, 0.15) is 19.0 Å². The molecule has 2 aromatic rings. The zero-order chi connectivity index (χ0) is 15.2. The van der Waals surface area contributed by atoms with E-state index in [1.807, 2.05) is 11.4 Å². The summed E-state index contributed by atoms with van der Waals surface area (Å²) in [6, 6.07) is 6.23. The number of non-ortho nitro benzene ring substituents is 1. The summed E-state index contributed by atoms with van der Waals surface area (Å²) in [5.74, 6) is 5.79. The smallest absolute Gasteiger partial charge is 0.273 e. The van der Waals surface area contributed by atoms with Crippen LogP contribution in [-0.4, -0.2) is 16.6 Å². The minimum Gasteiger partial charge on any atom is -0.487 e. The average molecular weight is 368 g/mol. The number of aliphatic hydroxyl groups is 1. The van der Waals surface area contributed by atoms with Gasteiger partial charge in [-0.3, -0.25) is 10.1 Å². The molecule has 0 amide bonds. The topological polar surface area (TPSA) is 72.6 Å². The van der Waals surface area contributed by atoms with Crippen LogP contribution in [0, 0.1) is 22.0 Å². The van der Waals surface area contributed by atoms with E-state index in [4.69, 9.17) is 9.84 Å². The summed E-state index contributed by atoms with van der Waals surface area (Å²) in [6.07, 6.45) is 0. The fraction of sp³-hybridized carbons (Fsp3) is 0.143. The zero-order valence-corrected chi connectivity index (χ0v) is 13.1. The van der Waals surface area contributed by atoms with E-state index in [0.717, 1.165) is 10.4 Å². The van der Waals surface area contributed by atoms with Crippen LogP contribution in [0.1, 0.15) is 10.4 Å². The maximum absolute atomic E-state index is 10.7. The minimum atomic E-state index is -0.465. The van der Waals surface area contributed by atoms with E-state index in [-0.39, 0.29) is 12.3 Å². The molecule has 0 aliphatic rings. The molecule has 0 fully saturated rings. The van der Waals surface area contributed by atoms with Gasteiger partial charge in [-0.25, -0.2) is 0 Å². The molecule has 0 spiro atoms. The first-order valence-electron chi connectivity index (χ1n) is 5.84. The molecule has 108 valence electrons. The first-order valence-corrected chi connectivity index (χ1v) is 7.51. The summed E-state index contributed by atoms with van der Waals surface area (Å²) in [6.45, 7) is 0.119. The van der Waals surface area contributed by atoms with E-state index >= 15 is 0 Å². The Balaban J connectivity index is 2.07. The third-order valence-electron chi connectivity index (χ3n) is 2.46. The number of nitro groups is 1. The van der Waals surface area contributed by atoms with Crippen LogP contribution < -0.4 is 4.74 Å². The maximum atomic E-state index is 10.7. The van der Waals surface area contributed by atoms with Crippen LogP contribution in [0.5, 0.6) is 5.75 Å². The van der Waals surface area contributed by atoms with E-state index < -0.39 is 4.92 Å². The Morgan fingerprint density at radius 1 is 1.43 bits per heavy atom. The van der Waals surface area contributed by atoms with Crippen LogP contribution in [0.15, 0.2) is 34.1 Å². The van der Waals surface area contributed by atoms with Crippen molar-refractivity contribution in [1.82, 2.24) is 0 Å². The lowest BCUT2D eigenvalue weighted by Crippen LogP contribution is -1.95. The van der Waals surface area contributed by atoms with E-state index in [1.54, 1.807) is 6.07 Å². The number of halogens is 1. The number of nitro benzene ring substituents is 1. The highest BCUT2D eigenvalue weighted by Gasteiger charge is 2.11. The Bertz CT molecular complexity index is 717. The van der Waals surface area contributed by atoms with E-state index in [0.29, 0.717) is 16.8 Å². The Morgan fingerprint density at radius 3 is 2.95 bits per heavy atom. The number of benzene rings is 1. The standard InChI is InChI=1S/C14H10BrNO4S/c15-13-4-3-11(16(18)19)7-14(13)20-8-12-6-10(9-21-12)2-1-5-17/h3-4,6-7,9,17H,5,8H2. The monoisotopic (exact) mass is 367 g/mol. The number of hydrogen-bond acceptors (Lipinski definition) is 5. The van der Waals surface area contributed by atoms with Gasteiger partial charge in [-0.15, -0.1) is 11.3 Å². The van der Waals surface area contributed by atoms with Crippen molar-refractivity contribution < 1.29 is 14.8 Å². The largest absolute Gasteiger partial charge is 0.487 e. The van der Waals surface area contributed by atoms with Gasteiger partial charge < -0.3 is 9.84 Å². The highest BCUT2D eigenvalue weighted by atomic mass is 79.9. The molecule has 5 nitrogen and oxygen atoms in total. The molecular formula is C14H10BrNO4S. The predicted molar refractivity (Wildman–Crippen MR) is 83.4 cm³/mol. The Morgan fingerprint density at radius 2 is 2.24 bits per heavy atom. The Kier molecular flexibility index (Phi) is 5.33. The van der Waals surface area contributed by atoms with Crippen LogP contribution in [0.3, 0.4) is 0 Å². The van der Waals surface area contributed by atoms with Gasteiger partial charge in [0.05, 0.1) is 15.5 Å². The number of aliphatic hydroxyl groups excluding tert-OH is 1. The van der Waals surface area contributed by atoms with Crippen molar-refractivity contribution in [2.45, 2.75) is 6.61 Å². The first kappa shape index (κ1) is 15.5. The molecule has 21 heavy (non-hydrogen) atoms. The molecule has 0 saturated carbocycles. The fourth-order valence-corrected chi connectivity index (χ4v) is 2.62. The average Bonchev–Trinajstić information content (AvgIpc) is 2.92. The highest BCUT2D eigenvalue weighted by Crippen LogP contribution is 2.30. The number of nitrogens with zero attached hydrogens (tertiary/aromatic N) is 1. The third kappa shape index (κ3) is 4.29. The number of hydrogen-bond donors (Lipinski definition) is 1. The van der Waals surface area contributed by atoms with Gasteiger partial charge in [0.25, 0.3) is 5.69 Å². The SMILES string of the molecule is O=[N+]([O-])c1ccc(Br)c(OCc2cc(C#CCO)cs2)c1. The van der Waals surface area contributed by atoms with Crippen molar-refractivity contribution in [3.8, 4) is 17.6 Å². The number of ether oxygens (including phenoxy) is 1. The van der Waals surface area contributed by atoms with Gasteiger partial charge in [0, 0.05) is 21.9 Å². The lowest BCUT2D eigenvalue weighted by molar-refractivity contribution is -0.385. The third-order valence-corrected chi connectivity index (χ3v) is 4.03. The van der Waals surface area contributed by atoms with Gasteiger partial charge in [-0.05, 0) is 28.1 Å². The summed E-state index contributed by atoms with van der Waals surface area (Å²) in [5, 5.41) is 21.2. The minimum absolute atomic E-state index is 0.0196. The molecule has 0 saturated heterocycles.